The van der Waals surface area contributed by atoms with E-state index in [1.54, 1.807) is 0 Å². The van der Waals surface area contributed by atoms with Crippen LogP contribution in [-0.2, 0) is 0 Å². The fraction of sp³-hybridized carbons (Fsp3) is 0.250. The third kappa shape index (κ3) is 4.36. The van der Waals surface area contributed by atoms with Crippen molar-refractivity contribution in [3.05, 3.63) is 68.7 Å². The highest BCUT2D eigenvalue weighted by Gasteiger charge is 1.98. The second-order valence-electron chi connectivity index (χ2n) is 4.43. The molecule has 0 nitrogen and oxygen atoms in total. The van der Waals surface area contributed by atoms with Crippen molar-refractivity contribution in [2.24, 2.45) is 0 Å². The van der Waals surface area contributed by atoms with Gasteiger partial charge in [-0.1, -0.05) is 47.5 Å². The minimum Gasteiger partial charge on any atom is -0.0840 e. The zero-order valence-corrected chi connectivity index (χ0v) is 12.7. The fourth-order valence-corrected chi connectivity index (χ4v) is 1.84. The number of rotatable bonds is 0. The van der Waals surface area contributed by atoms with E-state index in [-0.39, 0.29) is 0 Å². The molecule has 0 bridgehead atoms. The Balaban J connectivity index is 0.000000184. The molecule has 0 saturated heterocycles. The van der Waals surface area contributed by atoms with Crippen LogP contribution in [0.1, 0.15) is 22.3 Å². The van der Waals surface area contributed by atoms with Crippen LogP contribution < -0.4 is 0 Å². The molecule has 0 aliphatic carbocycles. The standard InChI is InChI=1S/C8H8Cl2.C8H10/c1-5-3-8(10)6(2)4-7(5)9;1-7-5-3-4-6-8(7)2/h3-4H,1-2H3;3-6H,1-2H3. The molecule has 0 aromatic heterocycles. The average molecular weight is 281 g/mol. The minimum absolute atomic E-state index is 0.780. The summed E-state index contributed by atoms with van der Waals surface area (Å²) in [5.41, 5.74) is 4.79. The number of halogens is 2. The van der Waals surface area contributed by atoms with E-state index in [0.29, 0.717) is 0 Å². The Hall–Kier alpha value is -0.980. The van der Waals surface area contributed by atoms with Crippen LogP contribution in [0.3, 0.4) is 0 Å². The van der Waals surface area contributed by atoms with Crippen molar-refractivity contribution in [3.8, 4) is 0 Å². The largest absolute Gasteiger partial charge is 0.0840 e. The summed E-state index contributed by atoms with van der Waals surface area (Å²) in [6, 6.07) is 12.1. The highest BCUT2D eigenvalue weighted by molar-refractivity contribution is 6.34. The van der Waals surface area contributed by atoms with E-state index in [4.69, 9.17) is 23.2 Å². The van der Waals surface area contributed by atoms with Gasteiger partial charge in [-0.3, -0.25) is 0 Å². The Bertz CT molecular complexity index is 459. The molecule has 0 atom stereocenters. The summed E-state index contributed by atoms with van der Waals surface area (Å²) < 4.78 is 0. The van der Waals surface area contributed by atoms with Gasteiger partial charge in [0.2, 0.25) is 0 Å². The van der Waals surface area contributed by atoms with Gasteiger partial charge in [-0.05, 0) is 62.1 Å². The van der Waals surface area contributed by atoms with Crippen molar-refractivity contribution in [1.82, 2.24) is 0 Å². The van der Waals surface area contributed by atoms with Gasteiger partial charge in [-0.2, -0.15) is 0 Å². The molecule has 0 aliphatic heterocycles. The monoisotopic (exact) mass is 280 g/mol. The molecule has 0 unspecified atom stereocenters. The Morgan fingerprint density at radius 2 is 0.944 bits per heavy atom. The molecule has 0 fully saturated rings. The number of hydrogen-bond donors (Lipinski definition) is 0. The summed E-state index contributed by atoms with van der Waals surface area (Å²) in [6.07, 6.45) is 0. The average Bonchev–Trinajstić information content (AvgIpc) is 2.31. The summed E-state index contributed by atoms with van der Waals surface area (Å²) in [7, 11) is 0. The molecule has 0 heterocycles. The summed E-state index contributed by atoms with van der Waals surface area (Å²) in [4.78, 5) is 0. The van der Waals surface area contributed by atoms with Gasteiger partial charge in [-0.25, -0.2) is 0 Å². The van der Waals surface area contributed by atoms with Crippen LogP contribution in [-0.4, -0.2) is 0 Å². The SMILES string of the molecule is Cc1cc(Cl)c(C)cc1Cl.Cc1ccccc1C. The van der Waals surface area contributed by atoms with E-state index in [0.717, 1.165) is 21.2 Å². The lowest BCUT2D eigenvalue weighted by Crippen LogP contribution is -1.79. The van der Waals surface area contributed by atoms with Crippen LogP contribution in [0.15, 0.2) is 36.4 Å². The van der Waals surface area contributed by atoms with E-state index >= 15 is 0 Å². The van der Waals surface area contributed by atoms with Gasteiger partial charge in [0, 0.05) is 10.0 Å². The maximum Gasteiger partial charge on any atom is 0.0438 e. The molecular weight excluding hydrogens is 263 g/mol. The topological polar surface area (TPSA) is 0 Å². The molecule has 0 radical (unpaired) electrons. The highest BCUT2D eigenvalue weighted by atomic mass is 35.5. The zero-order chi connectivity index (χ0) is 13.7. The molecule has 18 heavy (non-hydrogen) atoms. The van der Waals surface area contributed by atoms with Gasteiger partial charge in [0.15, 0.2) is 0 Å². The van der Waals surface area contributed by atoms with Crippen molar-refractivity contribution in [2.45, 2.75) is 27.7 Å². The fourth-order valence-electron chi connectivity index (χ4n) is 1.41. The summed E-state index contributed by atoms with van der Waals surface area (Å²) in [5, 5.41) is 1.56. The molecule has 2 aromatic rings. The number of hydrogen-bond acceptors (Lipinski definition) is 0. The lowest BCUT2D eigenvalue weighted by atomic mass is 10.1. The minimum atomic E-state index is 0.780. The molecule has 0 saturated carbocycles. The first-order chi connectivity index (χ1) is 8.41. The van der Waals surface area contributed by atoms with Crippen LogP contribution in [0.2, 0.25) is 10.0 Å². The van der Waals surface area contributed by atoms with E-state index in [9.17, 15) is 0 Å². The van der Waals surface area contributed by atoms with Crippen molar-refractivity contribution in [1.29, 1.82) is 0 Å². The second kappa shape index (κ2) is 6.82. The van der Waals surface area contributed by atoms with E-state index in [1.165, 1.54) is 11.1 Å². The third-order valence-corrected chi connectivity index (χ3v) is 3.68. The van der Waals surface area contributed by atoms with Gasteiger partial charge in [-0.15, -0.1) is 0 Å². The van der Waals surface area contributed by atoms with Gasteiger partial charge in [0.1, 0.15) is 0 Å². The quantitative estimate of drug-likeness (QED) is 0.562. The predicted octanol–water partition coefficient (Wildman–Crippen LogP) is 5.91. The Morgan fingerprint density at radius 1 is 0.611 bits per heavy atom. The molecule has 2 heteroatoms. The summed E-state index contributed by atoms with van der Waals surface area (Å²) >= 11 is 11.7. The zero-order valence-electron chi connectivity index (χ0n) is 11.2. The molecule has 0 spiro atoms. The predicted molar refractivity (Wildman–Crippen MR) is 81.9 cm³/mol. The molecular formula is C16H18Cl2. The first kappa shape index (κ1) is 15.1. The molecule has 96 valence electrons. The van der Waals surface area contributed by atoms with E-state index in [2.05, 4.69) is 38.1 Å². The lowest BCUT2D eigenvalue weighted by molar-refractivity contribution is 1.34. The molecule has 2 aromatic carbocycles. The first-order valence-corrected chi connectivity index (χ1v) is 6.62. The van der Waals surface area contributed by atoms with Gasteiger partial charge in [0.05, 0.1) is 0 Å². The lowest BCUT2D eigenvalue weighted by Gasteiger charge is -2.00. The van der Waals surface area contributed by atoms with E-state index < -0.39 is 0 Å². The van der Waals surface area contributed by atoms with Crippen molar-refractivity contribution in [3.63, 3.8) is 0 Å². The maximum atomic E-state index is 5.83. The van der Waals surface area contributed by atoms with E-state index in [1.807, 2.05) is 26.0 Å². The van der Waals surface area contributed by atoms with Crippen LogP contribution in [0.5, 0.6) is 0 Å². The number of aryl methyl sites for hydroxylation is 4. The normalized spacial score (nSPS) is 9.67. The first-order valence-electron chi connectivity index (χ1n) is 5.86. The molecule has 0 amide bonds. The van der Waals surface area contributed by atoms with Crippen LogP contribution in [0.4, 0.5) is 0 Å². The molecule has 0 N–H and O–H groups in total. The Labute approximate surface area is 120 Å². The molecule has 2 rings (SSSR count). The Kier molecular flexibility index (Phi) is 5.71. The summed E-state index contributed by atoms with van der Waals surface area (Å²) in [6.45, 7) is 8.12. The van der Waals surface area contributed by atoms with Crippen molar-refractivity contribution >= 4 is 23.2 Å². The number of benzene rings is 2. The Morgan fingerprint density at radius 3 is 1.22 bits per heavy atom. The van der Waals surface area contributed by atoms with Gasteiger partial charge in [0.25, 0.3) is 0 Å². The van der Waals surface area contributed by atoms with Crippen LogP contribution in [0, 0.1) is 27.7 Å². The van der Waals surface area contributed by atoms with Crippen molar-refractivity contribution in [2.75, 3.05) is 0 Å². The molecule has 0 aliphatic rings. The summed E-state index contributed by atoms with van der Waals surface area (Å²) in [5.74, 6) is 0. The van der Waals surface area contributed by atoms with Crippen LogP contribution in [0.25, 0.3) is 0 Å². The second-order valence-corrected chi connectivity index (χ2v) is 5.25. The smallest absolute Gasteiger partial charge is 0.0438 e. The van der Waals surface area contributed by atoms with Crippen LogP contribution >= 0.6 is 23.2 Å². The highest BCUT2D eigenvalue weighted by Crippen LogP contribution is 2.23. The van der Waals surface area contributed by atoms with Gasteiger partial charge < -0.3 is 0 Å². The van der Waals surface area contributed by atoms with Gasteiger partial charge >= 0.3 is 0 Å². The van der Waals surface area contributed by atoms with Crippen molar-refractivity contribution < 1.29 is 0 Å². The maximum absolute atomic E-state index is 5.83. The third-order valence-electron chi connectivity index (χ3n) is 2.87.